The van der Waals surface area contributed by atoms with Crippen molar-refractivity contribution in [2.45, 2.75) is 33.1 Å². The van der Waals surface area contributed by atoms with Crippen LogP contribution in [0.25, 0.3) is 0 Å². The summed E-state index contributed by atoms with van der Waals surface area (Å²) in [4.78, 5) is 12.2. The summed E-state index contributed by atoms with van der Waals surface area (Å²) in [5.74, 6) is 0.784. The van der Waals surface area contributed by atoms with Crippen LogP contribution >= 0.6 is 11.3 Å². The van der Waals surface area contributed by atoms with Crippen molar-refractivity contribution in [3.63, 3.8) is 0 Å². The number of thiophene rings is 1. The lowest BCUT2D eigenvalue weighted by Gasteiger charge is -1.97. The lowest BCUT2D eigenvalue weighted by Crippen LogP contribution is -1.91. The van der Waals surface area contributed by atoms with Crippen molar-refractivity contribution in [3.05, 3.63) is 21.9 Å². The number of ketones is 1. The van der Waals surface area contributed by atoms with Crippen LogP contribution in [0.4, 0.5) is 0 Å². The summed E-state index contributed by atoms with van der Waals surface area (Å²) in [6.07, 6.45) is 0.609. The van der Waals surface area contributed by atoms with Gasteiger partial charge in [0.2, 0.25) is 0 Å². The lowest BCUT2D eigenvalue weighted by atomic mass is 10.1. The Kier molecular flexibility index (Phi) is 3.04. The van der Waals surface area contributed by atoms with Crippen molar-refractivity contribution in [1.82, 2.24) is 0 Å². The molecule has 1 heterocycles. The fraction of sp³-hybridized carbons (Fsp3) is 0.500. The van der Waals surface area contributed by atoms with Crippen molar-refractivity contribution < 1.29 is 4.79 Å². The van der Waals surface area contributed by atoms with E-state index in [1.165, 1.54) is 5.56 Å². The summed E-state index contributed by atoms with van der Waals surface area (Å²) in [6, 6.07) is 2.02. The van der Waals surface area contributed by atoms with Crippen molar-refractivity contribution in [2.75, 3.05) is 0 Å². The third-order valence-electron chi connectivity index (χ3n) is 1.88. The van der Waals surface area contributed by atoms with Crippen molar-refractivity contribution >= 4 is 17.1 Å². The smallest absolute Gasteiger partial charge is 0.172 e. The third kappa shape index (κ3) is 1.95. The highest BCUT2D eigenvalue weighted by atomic mass is 32.1. The van der Waals surface area contributed by atoms with Gasteiger partial charge in [0.25, 0.3) is 0 Å². The molecule has 1 aromatic rings. The molecule has 1 nitrogen and oxygen atoms in total. The van der Waals surface area contributed by atoms with Crippen molar-refractivity contribution in [3.8, 4) is 0 Å². The molecular weight excluding hydrogens is 168 g/mol. The van der Waals surface area contributed by atoms with Gasteiger partial charge in [0.15, 0.2) is 5.78 Å². The van der Waals surface area contributed by atoms with E-state index in [9.17, 15) is 4.79 Å². The zero-order chi connectivity index (χ0) is 9.14. The molecule has 0 saturated carbocycles. The maximum atomic E-state index is 11.3. The van der Waals surface area contributed by atoms with Gasteiger partial charge in [-0.05, 0) is 22.9 Å². The maximum absolute atomic E-state index is 11.3. The van der Waals surface area contributed by atoms with Gasteiger partial charge in [0.05, 0.1) is 4.88 Å². The second kappa shape index (κ2) is 3.85. The quantitative estimate of drug-likeness (QED) is 0.654. The summed E-state index contributed by atoms with van der Waals surface area (Å²) in [5, 5.41) is 2.08. The Morgan fingerprint density at radius 2 is 2.25 bits per heavy atom. The molecule has 12 heavy (non-hydrogen) atoms. The zero-order valence-electron chi connectivity index (χ0n) is 7.76. The van der Waals surface area contributed by atoms with E-state index in [-0.39, 0.29) is 5.78 Å². The SMILES string of the molecule is CCC(=O)c1cc(C(C)C)cs1. The largest absolute Gasteiger partial charge is 0.293 e. The predicted octanol–water partition coefficient (Wildman–Crippen LogP) is 3.46. The second-order valence-corrected chi connectivity index (χ2v) is 4.09. The molecule has 66 valence electrons. The van der Waals surface area contributed by atoms with Crippen LogP contribution in [0.1, 0.15) is 48.3 Å². The first kappa shape index (κ1) is 9.46. The molecule has 0 aliphatic rings. The van der Waals surface area contributed by atoms with Crippen LogP contribution in [0.3, 0.4) is 0 Å². The molecule has 0 bridgehead atoms. The highest BCUT2D eigenvalue weighted by Gasteiger charge is 2.08. The van der Waals surface area contributed by atoms with Crippen LogP contribution in [0.2, 0.25) is 0 Å². The van der Waals surface area contributed by atoms with Crippen LogP contribution in [0.5, 0.6) is 0 Å². The molecule has 0 radical (unpaired) electrons. The maximum Gasteiger partial charge on any atom is 0.172 e. The fourth-order valence-electron chi connectivity index (χ4n) is 0.974. The molecular formula is C10H14OS. The minimum atomic E-state index is 0.256. The molecule has 0 aromatic carbocycles. The zero-order valence-corrected chi connectivity index (χ0v) is 8.57. The fourth-order valence-corrected chi connectivity index (χ4v) is 2.06. The Hall–Kier alpha value is -0.630. The monoisotopic (exact) mass is 182 g/mol. The average molecular weight is 182 g/mol. The number of carbonyl (C=O) groups excluding carboxylic acids is 1. The Morgan fingerprint density at radius 3 is 2.67 bits per heavy atom. The van der Waals surface area contributed by atoms with E-state index in [0.717, 1.165) is 4.88 Å². The Balaban J connectivity index is 2.84. The van der Waals surface area contributed by atoms with E-state index in [1.807, 2.05) is 13.0 Å². The topological polar surface area (TPSA) is 17.1 Å². The van der Waals surface area contributed by atoms with Gasteiger partial charge < -0.3 is 0 Å². The highest BCUT2D eigenvalue weighted by Crippen LogP contribution is 2.22. The minimum absolute atomic E-state index is 0.256. The molecule has 0 saturated heterocycles. The second-order valence-electron chi connectivity index (χ2n) is 3.18. The number of rotatable bonds is 3. The van der Waals surface area contributed by atoms with Crippen LogP contribution < -0.4 is 0 Å². The van der Waals surface area contributed by atoms with E-state index >= 15 is 0 Å². The average Bonchev–Trinajstić information content (AvgIpc) is 2.51. The number of Topliss-reactive ketones (excluding diaryl/α,β-unsaturated/α-hetero) is 1. The van der Waals surface area contributed by atoms with Crippen LogP contribution in [-0.4, -0.2) is 5.78 Å². The van der Waals surface area contributed by atoms with Crippen LogP contribution in [-0.2, 0) is 0 Å². The number of hydrogen-bond acceptors (Lipinski definition) is 2. The molecule has 1 rings (SSSR count). The van der Waals surface area contributed by atoms with E-state index < -0.39 is 0 Å². The summed E-state index contributed by atoms with van der Waals surface area (Å²) < 4.78 is 0. The summed E-state index contributed by atoms with van der Waals surface area (Å²) in [6.45, 7) is 6.18. The molecule has 0 aliphatic heterocycles. The normalized spacial score (nSPS) is 10.7. The summed E-state index contributed by atoms with van der Waals surface area (Å²) in [5.41, 5.74) is 1.27. The number of carbonyl (C=O) groups is 1. The Bertz CT molecular complexity index is 273. The molecule has 0 N–H and O–H groups in total. The standard InChI is InChI=1S/C10H14OS/c1-4-9(11)10-5-8(6-12-10)7(2)3/h5-7H,4H2,1-3H3. The summed E-state index contributed by atoms with van der Waals surface area (Å²) >= 11 is 1.56. The molecule has 0 unspecified atom stereocenters. The minimum Gasteiger partial charge on any atom is -0.293 e. The van der Waals surface area contributed by atoms with Gasteiger partial charge in [-0.1, -0.05) is 20.8 Å². The first-order valence-corrected chi connectivity index (χ1v) is 5.14. The van der Waals surface area contributed by atoms with E-state index in [0.29, 0.717) is 12.3 Å². The van der Waals surface area contributed by atoms with E-state index in [2.05, 4.69) is 19.2 Å². The van der Waals surface area contributed by atoms with Gasteiger partial charge >= 0.3 is 0 Å². The van der Waals surface area contributed by atoms with E-state index in [1.54, 1.807) is 11.3 Å². The van der Waals surface area contributed by atoms with Gasteiger partial charge in [-0.25, -0.2) is 0 Å². The van der Waals surface area contributed by atoms with Gasteiger partial charge in [-0.3, -0.25) is 4.79 Å². The number of hydrogen-bond donors (Lipinski definition) is 0. The van der Waals surface area contributed by atoms with Gasteiger partial charge in [0, 0.05) is 6.42 Å². The Morgan fingerprint density at radius 1 is 1.58 bits per heavy atom. The molecule has 0 amide bonds. The lowest BCUT2D eigenvalue weighted by molar-refractivity contribution is 0.0992. The van der Waals surface area contributed by atoms with Crippen LogP contribution in [0, 0.1) is 0 Å². The van der Waals surface area contributed by atoms with Crippen LogP contribution in [0.15, 0.2) is 11.4 Å². The first-order valence-electron chi connectivity index (χ1n) is 4.26. The first-order chi connectivity index (χ1) is 5.65. The summed E-state index contributed by atoms with van der Waals surface area (Å²) in [7, 11) is 0. The Labute approximate surface area is 77.4 Å². The van der Waals surface area contributed by atoms with E-state index in [4.69, 9.17) is 0 Å². The van der Waals surface area contributed by atoms with Crippen molar-refractivity contribution in [2.24, 2.45) is 0 Å². The van der Waals surface area contributed by atoms with Crippen molar-refractivity contribution in [1.29, 1.82) is 0 Å². The van der Waals surface area contributed by atoms with Gasteiger partial charge in [0.1, 0.15) is 0 Å². The molecule has 0 fully saturated rings. The third-order valence-corrected chi connectivity index (χ3v) is 2.87. The molecule has 0 spiro atoms. The van der Waals surface area contributed by atoms with Gasteiger partial charge in [-0.15, -0.1) is 11.3 Å². The molecule has 0 atom stereocenters. The molecule has 2 heteroatoms. The van der Waals surface area contributed by atoms with Gasteiger partial charge in [-0.2, -0.15) is 0 Å². The predicted molar refractivity (Wildman–Crippen MR) is 53.0 cm³/mol. The highest BCUT2D eigenvalue weighted by molar-refractivity contribution is 7.12. The molecule has 0 aliphatic carbocycles. The molecule has 1 aromatic heterocycles.